The molecule has 0 saturated heterocycles. The number of nitrogens with one attached hydrogen (secondary N) is 2. The molecule has 0 aliphatic carbocycles. The number of carbonyl (C=O) groups excluding carboxylic acids is 1. The molecule has 154 valence electrons. The monoisotopic (exact) mass is 424 g/mol. The molecule has 0 spiro atoms. The van der Waals surface area contributed by atoms with Gasteiger partial charge in [0, 0.05) is 25.2 Å². The maximum atomic E-state index is 12.3. The van der Waals surface area contributed by atoms with E-state index in [4.69, 9.17) is 4.74 Å². The Kier molecular flexibility index (Phi) is 6.80. The van der Waals surface area contributed by atoms with Crippen LogP contribution in [0.2, 0.25) is 0 Å². The minimum atomic E-state index is -4.19. The molecule has 2 aromatic rings. The summed E-state index contributed by atoms with van der Waals surface area (Å²) in [7, 11) is -2.74. The summed E-state index contributed by atoms with van der Waals surface area (Å²) in [5.41, 5.74) is 0.0592. The van der Waals surface area contributed by atoms with Crippen molar-refractivity contribution in [2.24, 2.45) is 0 Å². The number of rotatable bonds is 9. The zero-order chi connectivity index (χ0) is 21.6. The summed E-state index contributed by atoms with van der Waals surface area (Å²) in [4.78, 5) is 31.7. The molecule has 0 bridgehead atoms. The Morgan fingerprint density at radius 2 is 1.72 bits per heavy atom. The number of carbonyl (C=O) groups is 1. The second-order valence-electron chi connectivity index (χ2n) is 5.59. The Balaban J connectivity index is 1.97. The lowest BCUT2D eigenvalue weighted by Crippen LogP contribution is -2.30. The van der Waals surface area contributed by atoms with Gasteiger partial charge in [0.1, 0.15) is 18.8 Å². The second-order valence-corrected chi connectivity index (χ2v) is 7.36. The van der Waals surface area contributed by atoms with Gasteiger partial charge in [-0.2, -0.15) is 4.72 Å². The van der Waals surface area contributed by atoms with E-state index in [0.717, 1.165) is 12.1 Å². The van der Waals surface area contributed by atoms with Crippen LogP contribution in [0.5, 0.6) is 0 Å². The summed E-state index contributed by atoms with van der Waals surface area (Å²) in [5.74, 6) is -0.895. The van der Waals surface area contributed by atoms with Crippen LogP contribution in [0.25, 0.3) is 0 Å². The van der Waals surface area contributed by atoms with Gasteiger partial charge in [-0.05, 0) is 29.8 Å². The van der Waals surface area contributed by atoms with Crippen LogP contribution in [-0.4, -0.2) is 37.8 Å². The van der Waals surface area contributed by atoms with Gasteiger partial charge in [0.2, 0.25) is 10.0 Å². The van der Waals surface area contributed by atoms with Crippen molar-refractivity contribution in [2.45, 2.75) is 11.5 Å². The molecule has 2 N–H and O–H groups in total. The largest absolute Gasteiger partial charge is 0.460 e. The van der Waals surface area contributed by atoms with Crippen LogP contribution < -0.4 is 10.0 Å². The number of ether oxygens (including phenoxy) is 1. The van der Waals surface area contributed by atoms with Gasteiger partial charge in [0.05, 0.1) is 14.7 Å². The van der Waals surface area contributed by atoms with Crippen LogP contribution in [0, 0.1) is 20.2 Å². The van der Waals surface area contributed by atoms with Crippen LogP contribution in [0.3, 0.4) is 0 Å². The lowest BCUT2D eigenvalue weighted by Gasteiger charge is -2.09. The van der Waals surface area contributed by atoms with Crippen molar-refractivity contribution in [3.63, 3.8) is 0 Å². The standard InChI is InChI=1S/C16H16N4O8S/c1-17-14-7-6-13(8-15(14)20(24)25)29(26,27)18-9-16(21)28-10-11-2-4-12(5-3-11)19(22)23/h2-8,17-18H,9-10H2,1H3. The number of nitrogens with zero attached hydrogens (tertiary/aromatic N) is 2. The van der Waals surface area contributed by atoms with E-state index in [-0.39, 0.29) is 22.9 Å². The quantitative estimate of drug-likeness (QED) is 0.344. The van der Waals surface area contributed by atoms with E-state index in [2.05, 4.69) is 5.32 Å². The summed E-state index contributed by atoms with van der Waals surface area (Å²) in [5, 5.41) is 24.2. The van der Waals surface area contributed by atoms with Gasteiger partial charge in [0.15, 0.2) is 0 Å². The number of nitro groups is 2. The van der Waals surface area contributed by atoms with Crippen molar-refractivity contribution in [1.29, 1.82) is 0 Å². The summed E-state index contributed by atoms with van der Waals surface area (Å²) in [6.07, 6.45) is 0. The number of hydrogen-bond donors (Lipinski definition) is 2. The predicted octanol–water partition coefficient (Wildman–Crippen LogP) is 1.57. The zero-order valence-electron chi connectivity index (χ0n) is 15.0. The molecule has 0 aliphatic rings. The number of sulfonamides is 1. The van der Waals surface area contributed by atoms with Gasteiger partial charge in [-0.1, -0.05) is 0 Å². The number of non-ortho nitro benzene ring substituents is 1. The Labute approximate surface area is 164 Å². The van der Waals surface area contributed by atoms with Gasteiger partial charge in [-0.3, -0.25) is 25.0 Å². The van der Waals surface area contributed by atoms with Gasteiger partial charge in [-0.25, -0.2) is 8.42 Å². The molecular formula is C16H16N4O8S. The normalized spacial score (nSPS) is 10.9. The molecule has 13 heteroatoms. The fourth-order valence-corrected chi connectivity index (χ4v) is 3.20. The molecule has 0 saturated carbocycles. The molecule has 0 heterocycles. The van der Waals surface area contributed by atoms with Crippen LogP contribution in [0.15, 0.2) is 47.4 Å². The fourth-order valence-electron chi connectivity index (χ4n) is 2.21. The molecule has 0 fully saturated rings. The molecule has 0 unspecified atom stereocenters. The maximum absolute atomic E-state index is 12.3. The van der Waals surface area contributed by atoms with Crippen molar-refractivity contribution in [3.8, 4) is 0 Å². The second kappa shape index (κ2) is 9.07. The van der Waals surface area contributed by atoms with Gasteiger partial charge >= 0.3 is 5.97 Å². The highest BCUT2D eigenvalue weighted by molar-refractivity contribution is 7.89. The number of benzene rings is 2. The van der Waals surface area contributed by atoms with E-state index in [0.29, 0.717) is 5.56 Å². The lowest BCUT2D eigenvalue weighted by molar-refractivity contribution is -0.384. The highest BCUT2D eigenvalue weighted by Crippen LogP contribution is 2.26. The third kappa shape index (κ3) is 5.70. The fraction of sp³-hybridized carbons (Fsp3) is 0.188. The summed E-state index contributed by atoms with van der Waals surface area (Å²) in [6.45, 7) is -0.905. The summed E-state index contributed by atoms with van der Waals surface area (Å²) >= 11 is 0. The molecule has 0 atom stereocenters. The van der Waals surface area contributed by atoms with Crippen molar-refractivity contribution >= 4 is 33.1 Å². The predicted molar refractivity (Wildman–Crippen MR) is 101 cm³/mol. The smallest absolute Gasteiger partial charge is 0.321 e. The third-order valence-corrected chi connectivity index (χ3v) is 5.10. The summed E-state index contributed by atoms with van der Waals surface area (Å²) in [6, 6.07) is 8.55. The first-order chi connectivity index (χ1) is 13.6. The first kappa shape index (κ1) is 21.7. The Hall–Kier alpha value is -3.58. The number of hydrogen-bond acceptors (Lipinski definition) is 9. The number of anilines is 1. The third-order valence-electron chi connectivity index (χ3n) is 3.70. The van der Waals surface area contributed by atoms with Crippen molar-refractivity contribution < 1.29 is 27.8 Å². The first-order valence-corrected chi connectivity index (χ1v) is 9.47. The van der Waals surface area contributed by atoms with E-state index in [9.17, 15) is 33.4 Å². The molecule has 2 aromatic carbocycles. The van der Waals surface area contributed by atoms with Gasteiger partial charge < -0.3 is 10.1 Å². The zero-order valence-corrected chi connectivity index (χ0v) is 15.8. The van der Waals surface area contributed by atoms with Crippen molar-refractivity contribution in [2.75, 3.05) is 18.9 Å². The Bertz CT molecular complexity index is 1040. The molecule has 12 nitrogen and oxygen atoms in total. The van der Waals surface area contributed by atoms with E-state index < -0.39 is 38.1 Å². The molecule has 2 rings (SSSR count). The minimum Gasteiger partial charge on any atom is -0.460 e. The highest BCUT2D eigenvalue weighted by atomic mass is 32.2. The number of nitro benzene ring substituents is 2. The molecule has 29 heavy (non-hydrogen) atoms. The van der Waals surface area contributed by atoms with E-state index in [1.807, 2.05) is 4.72 Å². The molecule has 0 aliphatic heterocycles. The Morgan fingerprint density at radius 3 is 2.28 bits per heavy atom. The molecule has 0 radical (unpaired) electrons. The SMILES string of the molecule is CNc1ccc(S(=O)(=O)NCC(=O)OCc2ccc([N+](=O)[O-])cc2)cc1[N+](=O)[O-]. The average Bonchev–Trinajstić information content (AvgIpc) is 2.70. The highest BCUT2D eigenvalue weighted by Gasteiger charge is 2.22. The van der Waals surface area contributed by atoms with Crippen LogP contribution >= 0.6 is 0 Å². The lowest BCUT2D eigenvalue weighted by atomic mass is 10.2. The Morgan fingerprint density at radius 1 is 1.07 bits per heavy atom. The first-order valence-electron chi connectivity index (χ1n) is 7.99. The van der Waals surface area contributed by atoms with Crippen LogP contribution in [0.4, 0.5) is 17.1 Å². The van der Waals surface area contributed by atoms with Crippen molar-refractivity contribution in [1.82, 2.24) is 4.72 Å². The van der Waals surface area contributed by atoms with Crippen LogP contribution in [-0.2, 0) is 26.2 Å². The van der Waals surface area contributed by atoms with E-state index in [1.54, 1.807) is 0 Å². The van der Waals surface area contributed by atoms with E-state index in [1.165, 1.54) is 37.4 Å². The maximum Gasteiger partial charge on any atom is 0.321 e. The molecule has 0 aromatic heterocycles. The molecular weight excluding hydrogens is 408 g/mol. The van der Waals surface area contributed by atoms with Gasteiger partial charge in [0.25, 0.3) is 11.4 Å². The minimum absolute atomic E-state index is 0.119. The average molecular weight is 424 g/mol. The summed E-state index contributed by atoms with van der Waals surface area (Å²) < 4.78 is 31.4. The van der Waals surface area contributed by atoms with E-state index >= 15 is 0 Å². The van der Waals surface area contributed by atoms with Crippen LogP contribution in [0.1, 0.15) is 5.56 Å². The number of esters is 1. The van der Waals surface area contributed by atoms with Gasteiger partial charge in [-0.15, -0.1) is 0 Å². The molecule has 0 amide bonds. The van der Waals surface area contributed by atoms with Crippen molar-refractivity contribution in [3.05, 3.63) is 68.3 Å². The topological polar surface area (TPSA) is 171 Å².